The van der Waals surface area contributed by atoms with E-state index in [1.807, 2.05) is 32.0 Å². The number of hydrogen-bond acceptors (Lipinski definition) is 2. The first-order valence-electron chi connectivity index (χ1n) is 5.56. The number of rotatable bonds is 2. The van der Waals surface area contributed by atoms with E-state index in [1.165, 1.54) is 5.56 Å². The molecule has 0 radical (unpaired) electrons. The number of hydrogen-bond donors (Lipinski definition) is 1. The maximum absolute atomic E-state index is 12.0. The molecule has 0 fully saturated rings. The van der Waals surface area contributed by atoms with Crippen LogP contribution in [-0.4, -0.2) is 10.9 Å². The van der Waals surface area contributed by atoms with Crippen molar-refractivity contribution < 1.29 is 4.79 Å². The van der Waals surface area contributed by atoms with Gasteiger partial charge in [0, 0.05) is 17.4 Å². The van der Waals surface area contributed by atoms with Gasteiger partial charge in [-0.1, -0.05) is 17.7 Å². The van der Waals surface area contributed by atoms with Gasteiger partial charge in [-0.15, -0.1) is 0 Å². The van der Waals surface area contributed by atoms with Crippen molar-refractivity contribution in [2.24, 2.45) is 0 Å². The van der Waals surface area contributed by atoms with E-state index in [4.69, 9.17) is 0 Å². The van der Waals surface area contributed by atoms with Gasteiger partial charge in [0.2, 0.25) is 0 Å². The van der Waals surface area contributed by atoms with Crippen molar-refractivity contribution in [1.82, 2.24) is 4.98 Å². The Morgan fingerprint density at radius 3 is 2.67 bits per heavy atom. The molecule has 1 aromatic carbocycles. The minimum Gasteiger partial charge on any atom is -0.322 e. The highest BCUT2D eigenvalue weighted by Crippen LogP contribution is 2.17. The summed E-state index contributed by atoms with van der Waals surface area (Å²) in [5.41, 5.74) is 3.64. The largest absolute Gasteiger partial charge is 0.322 e. The molecule has 0 saturated carbocycles. The van der Waals surface area contributed by atoms with E-state index in [-0.39, 0.29) is 5.91 Å². The van der Waals surface area contributed by atoms with Crippen LogP contribution in [0.5, 0.6) is 0 Å². The first kappa shape index (κ1) is 12.8. The predicted molar refractivity (Wildman–Crippen MR) is 75.8 cm³/mol. The molecule has 1 aromatic heterocycles. The van der Waals surface area contributed by atoms with Crippen LogP contribution < -0.4 is 5.32 Å². The third-order valence-corrected chi connectivity index (χ3v) is 3.05. The van der Waals surface area contributed by atoms with Crippen LogP contribution in [0.2, 0.25) is 0 Å². The molecule has 3 nitrogen and oxygen atoms in total. The number of nitrogens with zero attached hydrogens (tertiary/aromatic N) is 1. The van der Waals surface area contributed by atoms with Gasteiger partial charge in [-0.05, 0) is 53.5 Å². The first-order valence-corrected chi connectivity index (χ1v) is 6.36. The molecule has 1 amide bonds. The van der Waals surface area contributed by atoms with E-state index in [1.54, 1.807) is 18.3 Å². The minimum atomic E-state index is -0.134. The van der Waals surface area contributed by atoms with Crippen molar-refractivity contribution >= 4 is 27.5 Å². The normalized spacial score (nSPS) is 10.2. The second kappa shape index (κ2) is 5.31. The van der Waals surface area contributed by atoms with Crippen LogP contribution in [0.15, 0.2) is 41.1 Å². The fourth-order valence-electron chi connectivity index (χ4n) is 1.69. The number of aryl methyl sites for hydroxylation is 2. The maximum atomic E-state index is 12.0. The van der Waals surface area contributed by atoms with Gasteiger partial charge in [0.05, 0.1) is 0 Å². The molecule has 0 bridgehead atoms. The van der Waals surface area contributed by atoms with Gasteiger partial charge >= 0.3 is 0 Å². The summed E-state index contributed by atoms with van der Waals surface area (Å²) < 4.78 is 0.649. The van der Waals surface area contributed by atoms with E-state index >= 15 is 0 Å². The highest BCUT2D eigenvalue weighted by molar-refractivity contribution is 9.10. The molecule has 1 heterocycles. The fourth-order valence-corrected chi connectivity index (χ4v) is 2.06. The topological polar surface area (TPSA) is 42.0 Å². The Balaban J connectivity index is 2.21. The molecular weight excluding hydrogens is 292 g/mol. The number of amides is 1. The number of halogens is 1. The van der Waals surface area contributed by atoms with Crippen molar-refractivity contribution in [3.63, 3.8) is 0 Å². The number of aromatic nitrogens is 1. The molecule has 0 unspecified atom stereocenters. The molecule has 0 aliphatic carbocycles. The number of carbonyl (C=O) groups excluding carboxylic acids is 1. The number of nitrogens with one attached hydrogen (secondary N) is 1. The number of pyridine rings is 1. The Morgan fingerprint density at radius 1 is 1.22 bits per heavy atom. The van der Waals surface area contributed by atoms with Crippen LogP contribution in [-0.2, 0) is 0 Å². The van der Waals surface area contributed by atoms with Gasteiger partial charge in [-0.2, -0.15) is 0 Å². The van der Waals surface area contributed by atoms with Crippen LogP contribution >= 0.6 is 15.9 Å². The van der Waals surface area contributed by atoms with E-state index in [9.17, 15) is 4.79 Å². The van der Waals surface area contributed by atoms with Crippen LogP contribution in [0.25, 0.3) is 0 Å². The van der Waals surface area contributed by atoms with E-state index in [0.29, 0.717) is 10.2 Å². The van der Waals surface area contributed by atoms with Gasteiger partial charge in [0.25, 0.3) is 5.91 Å². The lowest BCUT2D eigenvalue weighted by molar-refractivity contribution is 0.102. The molecule has 2 rings (SSSR count). The molecule has 0 aliphatic heterocycles. The highest BCUT2D eigenvalue weighted by Gasteiger charge is 2.08. The lowest BCUT2D eigenvalue weighted by atomic mass is 10.1. The standard InChI is InChI=1S/C14H13BrN2O/c1-9-3-4-12(10(2)7-9)17-14(18)11-5-6-16-13(15)8-11/h3-8H,1-2H3,(H,17,18). The fraction of sp³-hybridized carbons (Fsp3) is 0.143. The number of carbonyl (C=O) groups is 1. The zero-order valence-electron chi connectivity index (χ0n) is 10.2. The highest BCUT2D eigenvalue weighted by atomic mass is 79.9. The number of benzene rings is 1. The summed E-state index contributed by atoms with van der Waals surface area (Å²) in [4.78, 5) is 16.0. The molecule has 92 valence electrons. The van der Waals surface area contributed by atoms with E-state index < -0.39 is 0 Å². The molecule has 0 aliphatic rings. The van der Waals surface area contributed by atoms with Crippen LogP contribution in [0.1, 0.15) is 21.5 Å². The summed E-state index contributed by atoms with van der Waals surface area (Å²) in [6.45, 7) is 4.00. The lowest BCUT2D eigenvalue weighted by Crippen LogP contribution is -2.12. The van der Waals surface area contributed by atoms with E-state index in [0.717, 1.165) is 11.3 Å². The Kier molecular flexibility index (Phi) is 3.77. The van der Waals surface area contributed by atoms with Crippen molar-refractivity contribution in [1.29, 1.82) is 0 Å². The molecule has 0 saturated heterocycles. The molecule has 4 heteroatoms. The first-order chi connectivity index (χ1) is 8.56. The summed E-state index contributed by atoms with van der Waals surface area (Å²) in [6, 6.07) is 9.31. The van der Waals surface area contributed by atoms with Crippen molar-refractivity contribution in [2.45, 2.75) is 13.8 Å². The monoisotopic (exact) mass is 304 g/mol. The molecule has 18 heavy (non-hydrogen) atoms. The van der Waals surface area contributed by atoms with Gasteiger partial charge in [0.15, 0.2) is 0 Å². The Bertz CT molecular complexity index is 596. The maximum Gasteiger partial charge on any atom is 0.255 e. The average Bonchev–Trinajstić information content (AvgIpc) is 2.32. The Labute approximate surface area is 114 Å². The summed E-state index contributed by atoms with van der Waals surface area (Å²) in [7, 11) is 0. The second-order valence-electron chi connectivity index (χ2n) is 4.14. The molecule has 0 spiro atoms. The average molecular weight is 305 g/mol. The second-order valence-corrected chi connectivity index (χ2v) is 4.95. The predicted octanol–water partition coefficient (Wildman–Crippen LogP) is 3.71. The van der Waals surface area contributed by atoms with Gasteiger partial charge < -0.3 is 5.32 Å². The van der Waals surface area contributed by atoms with E-state index in [2.05, 4.69) is 26.2 Å². The zero-order valence-corrected chi connectivity index (χ0v) is 11.8. The van der Waals surface area contributed by atoms with Crippen molar-refractivity contribution in [2.75, 3.05) is 5.32 Å². The SMILES string of the molecule is Cc1ccc(NC(=O)c2ccnc(Br)c2)c(C)c1. The van der Waals surface area contributed by atoms with Crippen LogP contribution in [0.3, 0.4) is 0 Å². The zero-order chi connectivity index (χ0) is 13.1. The third-order valence-electron chi connectivity index (χ3n) is 2.62. The molecule has 1 N–H and O–H groups in total. The van der Waals surface area contributed by atoms with Gasteiger partial charge in [-0.25, -0.2) is 4.98 Å². The molecular formula is C14H13BrN2O. The third kappa shape index (κ3) is 2.96. The molecule has 2 aromatic rings. The van der Waals surface area contributed by atoms with Gasteiger partial charge in [0.1, 0.15) is 4.60 Å². The van der Waals surface area contributed by atoms with Crippen LogP contribution in [0, 0.1) is 13.8 Å². The van der Waals surface area contributed by atoms with Crippen LogP contribution in [0.4, 0.5) is 5.69 Å². The number of anilines is 1. The summed E-state index contributed by atoms with van der Waals surface area (Å²) in [5.74, 6) is -0.134. The lowest BCUT2D eigenvalue weighted by Gasteiger charge is -2.09. The summed E-state index contributed by atoms with van der Waals surface area (Å²) >= 11 is 3.25. The summed E-state index contributed by atoms with van der Waals surface area (Å²) in [5, 5.41) is 2.89. The molecule has 0 atom stereocenters. The minimum absolute atomic E-state index is 0.134. The van der Waals surface area contributed by atoms with Crippen molar-refractivity contribution in [3.8, 4) is 0 Å². The Hall–Kier alpha value is -1.68. The Morgan fingerprint density at radius 2 is 2.00 bits per heavy atom. The van der Waals surface area contributed by atoms with Gasteiger partial charge in [-0.3, -0.25) is 4.79 Å². The quantitative estimate of drug-likeness (QED) is 0.859. The summed E-state index contributed by atoms with van der Waals surface area (Å²) in [6.07, 6.45) is 1.60. The van der Waals surface area contributed by atoms with Crippen molar-refractivity contribution in [3.05, 3.63) is 57.8 Å². The smallest absolute Gasteiger partial charge is 0.255 e.